The second kappa shape index (κ2) is 6.77. The van der Waals surface area contributed by atoms with E-state index in [1.165, 1.54) is 4.90 Å². The van der Waals surface area contributed by atoms with E-state index in [9.17, 15) is 14.4 Å². The Kier molecular flexibility index (Phi) is 4.17. The molecule has 4 atom stereocenters. The second-order valence-electron chi connectivity index (χ2n) is 8.89. The van der Waals surface area contributed by atoms with Gasteiger partial charge in [-0.25, -0.2) is 4.90 Å². The highest BCUT2D eigenvalue weighted by atomic mass is 35.5. The summed E-state index contributed by atoms with van der Waals surface area (Å²) in [5.41, 5.74) is 0.916. The minimum absolute atomic E-state index is 0.132. The van der Waals surface area contributed by atoms with E-state index in [1.807, 2.05) is 24.3 Å². The number of anilines is 2. The Morgan fingerprint density at radius 2 is 1.91 bits per heavy atom. The van der Waals surface area contributed by atoms with Crippen LogP contribution in [-0.2, 0) is 19.9 Å². The first-order valence-corrected chi connectivity index (χ1v) is 11.3. The maximum atomic E-state index is 14.1. The van der Waals surface area contributed by atoms with Gasteiger partial charge in [-0.1, -0.05) is 41.9 Å². The summed E-state index contributed by atoms with van der Waals surface area (Å²) in [6, 6.07) is 14.3. The standard InChI is InChI=1S/C25H22ClN3O3/c1-2-12-27-18-10-4-3-9-17(18)25(24(27)32)21-20(19-11-6-13-28(19)25)22(30)29(23(21)31)16-8-5-7-15(26)14-16/h2-5,7-10,14,19-21H,1,6,11-13H2/t19-,20+,21-,25-/m0/s1. The van der Waals surface area contributed by atoms with Gasteiger partial charge in [0.25, 0.3) is 5.91 Å². The smallest absolute Gasteiger partial charge is 0.253 e. The maximum absolute atomic E-state index is 14.1. The summed E-state index contributed by atoms with van der Waals surface area (Å²) in [6.45, 7) is 4.86. The van der Waals surface area contributed by atoms with Crippen molar-refractivity contribution in [1.29, 1.82) is 0 Å². The van der Waals surface area contributed by atoms with Crippen LogP contribution in [0.4, 0.5) is 11.4 Å². The third-order valence-corrected chi connectivity index (χ3v) is 7.76. The number of halogens is 1. The lowest BCUT2D eigenvalue weighted by Gasteiger charge is -2.37. The van der Waals surface area contributed by atoms with Crippen LogP contribution < -0.4 is 9.80 Å². The fraction of sp³-hybridized carbons (Fsp3) is 0.320. The van der Waals surface area contributed by atoms with Crippen LogP contribution in [0.3, 0.4) is 0 Å². The molecule has 3 amide bonds. The fourth-order valence-corrected chi connectivity index (χ4v) is 6.71. The molecule has 162 valence electrons. The lowest BCUT2D eigenvalue weighted by molar-refractivity contribution is -0.137. The summed E-state index contributed by atoms with van der Waals surface area (Å²) in [4.78, 5) is 46.9. The van der Waals surface area contributed by atoms with Crippen molar-refractivity contribution in [2.45, 2.75) is 24.4 Å². The van der Waals surface area contributed by atoms with Crippen molar-refractivity contribution in [2.75, 3.05) is 22.9 Å². The molecule has 3 saturated heterocycles. The van der Waals surface area contributed by atoms with Crippen LogP contribution in [0, 0.1) is 11.8 Å². The number of carbonyl (C=O) groups excluding carboxylic acids is 3. The van der Waals surface area contributed by atoms with Gasteiger partial charge in [0.1, 0.15) is 5.54 Å². The number of benzene rings is 2. The molecule has 0 N–H and O–H groups in total. The van der Waals surface area contributed by atoms with Gasteiger partial charge in [-0.3, -0.25) is 19.3 Å². The third-order valence-electron chi connectivity index (χ3n) is 7.52. The molecule has 0 aliphatic carbocycles. The first kappa shape index (κ1) is 19.7. The largest absolute Gasteiger partial charge is 0.306 e. The zero-order chi connectivity index (χ0) is 22.2. The molecule has 2 aromatic rings. The normalized spacial score (nSPS) is 30.9. The molecule has 7 heteroatoms. The quantitative estimate of drug-likeness (QED) is 0.534. The van der Waals surface area contributed by atoms with Gasteiger partial charge >= 0.3 is 0 Å². The van der Waals surface area contributed by atoms with Crippen molar-refractivity contribution in [3.63, 3.8) is 0 Å². The highest BCUT2D eigenvalue weighted by Crippen LogP contribution is 2.61. The van der Waals surface area contributed by atoms with Crippen LogP contribution in [0.2, 0.25) is 5.02 Å². The molecule has 2 aromatic carbocycles. The number of fused-ring (bicyclic) bond motifs is 7. The predicted octanol–water partition coefficient (Wildman–Crippen LogP) is 3.35. The van der Waals surface area contributed by atoms with Crippen molar-refractivity contribution in [3.8, 4) is 0 Å². The predicted molar refractivity (Wildman–Crippen MR) is 121 cm³/mol. The number of imide groups is 1. The molecule has 0 saturated carbocycles. The van der Waals surface area contributed by atoms with Gasteiger partial charge < -0.3 is 4.90 Å². The van der Waals surface area contributed by atoms with Crippen molar-refractivity contribution < 1.29 is 14.4 Å². The van der Waals surface area contributed by atoms with E-state index in [-0.39, 0.29) is 23.8 Å². The first-order valence-electron chi connectivity index (χ1n) is 10.9. The zero-order valence-corrected chi connectivity index (χ0v) is 18.2. The van der Waals surface area contributed by atoms with Crippen LogP contribution >= 0.6 is 11.6 Å². The van der Waals surface area contributed by atoms with Gasteiger partial charge in [-0.2, -0.15) is 0 Å². The van der Waals surface area contributed by atoms with Crippen LogP contribution in [0.25, 0.3) is 0 Å². The lowest BCUT2D eigenvalue weighted by Crippen LogP contribution is -2.56. The van der Waals surface area contributed by atoms with Gasteiger partial charge in [0.15, 0.2) is 0 Å². The first-order chi connectivity index (χ1) is 15.5. The molecular weight excluding hydrogens is 426 g/mol. The number of nitrogens with zero attached hydrogens (tertiary/aromatic N) is 3. The van der Waals surface area contributed by atoms with Crippen molar-refractivity contribution >= 4 is 40.7 Å². The van der Waals surface area contributed by atoms with Gasteiger partial charge in [-0.15, -0.1) is 6.58 Å². The van der Waals surface area contributed by atoms with Gasteiger partial charge in [-0.05, 0) is 43.7 Å². The molecular formula is C25H22ClN3O3. The van der Waals surface area contributed by atoms with E-state index in [0.29, 0.717) is 23.8 Å². The fourth-order valence-electron chi connectivity index (χ4n) is 6.52. The highest BCUT2D eigenvalue weighted by molar-refractivity contribution is 6.31. The molecule has 32 heavy (non-hydrogen) atoms. The SMILES string of the molecule is C=CCN1C(=O)[C@]2(c3ccccc31)[C@@H]1C(=O)N(c3cccc(Cl)c3)C(=O)[C@@H]1[C@@H]1CCCN12. The van der Waals surface area contributed by atoms with E-state index in [2.05, 4.69) is 11.5 Å². The Bertz CT molecular complexity index is 1200. The molecule has 1 spiro atoms. The number of carbonyl (C=O) groups is 3. The number of amides is 3. The Morgan fingerprint density at radius 1 is 1.09 bits per heavy atom. The number of hydrogen-bond donors (Lipinski definition) is 0. The van der Waals surface area contributed by atoms with Crippen LogP contribution in [-0.4, -0.2) is 41.8 Å². The average molecular weight is 448 g/mol. The topological polar surface area (TPSA) is 60.9 Å². The van der Waals surface area contributed by atoms with Crippen molar-refractivity contribution in [3.05, 3.63) is 71.8 Å². The van der Waals surface area contributed by atoms with E-state index < -0.39 is 17.4 Å². The van der Waals surface area contributed by atoms with Gasteiger partial charge in [0, 0.05) is 28.9 Å². The van der Waals surface area contributed by atoms with Crippen LogP contribution in [0.1, 0.15) is 18.4 Å². The second-order valence-corrected chi connectivity index (χ2v) is 9.32. The minimum Gasteiger partial charge on any atom is -0.306 e. The minimum atomic E-state index is -1.16. The summed E-state index contributed by atoms with van der Waals surface area (Å²) in [7, 11) is 0. The van der Waals surface area contributed by atoms with Crippen LogP contribution in [0.15, 0.2) is 61.2 Å². The molecule has 0 radical (unpaired) electrons. The van der Waals surface area contributed by atoms with Crippen LogP contribution in [0.5, 0.6) is 0 Å². The summed E-state index contributed by atoms with van der Waals surface area (Å²) >= 11 is 6.17. The molecule has 3 fully saturated rings. The maximum Gasteiger partial charge on any atom is 0.253 e. The van der Waals surface area contributed by atoms with E-state index in [1.54, 1.807) is 35.2 Å². The average Bonchev–Trinajstić information content (AvgIpc) is 3.48. The molecule has 6 rings (SSSR count). The highest BCUT2D eigenvalue weighted by Gasteiger charge is 2.75. The third kappa shape index (κ3) is 2.21. The van der Waals surface area contributed by atoms with Crippen molar-refractivity contribution in [1.82, 2.24) is 4.90 Å². The molecule has 4 heterocycles. The zero-order valence-electron chi connectivity index (χ0n) is 17.4. The number of rotatable bonds is 3. The van der Waals surface area contributed by atoms with Crippen molar-refractivity contribution in [2.24, 2.45) is 11.8 Å². The monoisotopic (exact) mass is 447 g/mol. The molecule has 4 aliphatic heterocycles. The molecule has 6 nitrogen and oxygen atoms in total. The van der Waals surface area contributed by atoms with Gasteiger partial charge in [0.2, 0.25) is 11.8 Å². The Morgan fingerprint density at radius 3 is 2.69 bits per heavy atom. The van der Waals surface area contributed by atoms with E-state index >= 15 is 0 Å². The summed E-state index contributed by atoms with van der Waals surface area (Å²) in [5.74, 6) is -2.00. The molecule has 0 aromatic heterocycles. The van der Waals surface area contributed by atoms with Gasteiger partial charge in [0.05, 0.1) is 17.5 Å². The molecule has 4 aliphatic rings. The van der Waals surface area contributed by atoms with E-state index in [0.717, 1.165) is 24.1 Å². The number of para-hydroxylation sites is 1. The molecule has 0 unspecified atom stereocenters. The Hall–Kier alpha value is -2.96. The Labute approximate surface area is 191 Å². The summed E-state index contributed by atoms with van der Waals surface area (Å²) in [5, 5.41) is 0.455. The number of hydrogen-bond acceptors (Lipinski definition) is 4. The lowest BCUT2D eigenvalue weighted by atomic mass is 9.75. The summed E-state index contributed by atoms with van der Waals surface area (Å²) < 4.78 is 0. The summed E-state index contributed by atoms with van der Waals surface area (Å²) in [6.07, 6.45) is 3.38. The van der Waals surface area contributed by atoms with E-state index in [4.69, 9.17) is 11.6 Å². The molecule has 0 bridgehead atoms. The Balaban J connectivity index is 1.57.